The minimum absolute atomic E-state index is 0.148. The number of hydrazine groups is 1. The number of anilines is 1. The summed E-state index contributed by atoms with van der Waals surface area (Å²) in [5.41, 5.74) is 3.77. The molecule has 1 amide bonds. The second kappa shape index (κ2) is 6.36. The summed E-state index contributed by atoms with van der Waals surface area (Å²) in [6, 6.07) is 10.5. The third kappa shape index (κ3) is 3.26. The van der Waals surface area contributed by atoms with Gasteiger partial charge in [-0.1, -0.05) is 23.7 Å². The molecule has 6 heteroatoms. The second-order valence-corrected chi connectivity index (χ2v) is 4.73. The molecule has 0 aliphatic carbocycles. The molecule has 5 nitrogen and oxygen atoms in total. The molecule has 0 bridgehead atoms. The molecule has 1 aromatic heterocycles. The Hall–Kier alpha value is -2.11. The number of hydrogen-bond acceptors (Lipinski definition) is 4. The zero-order valence-electron chi connectivity index (χ0n) is 10.9. The third-order valence-electron chi connectivity index (χ3n) is 2.91. The Balaban J connectivity index is 2.13. The van der Waals surface area contributed by atoms with E-state index in [-0.39, 0.29) is 11.9 Å². The lowest BCUT2D eigenvalue weighted by Gasteiger charge is -2.15. The van der Waals surface area contributed by atoms with Gasteiger partial charge >= 0.3 is 0 Å². The first-order valence-electron chi connectivity index (χ1n) is 6.09. The topological polar surface area (TPSA) is 80.0 Å². The summed E-state index contributed by atoms with van der Waals surface area (Å²) in [5, 5.41) is 3.55. The van der Waals surface area contributed by atoms with Crippen molar-refractivity contribution in [1.29, 1.82) is 0 Å². The fourth-order valence-electron chi connectivity index (χ4n) is 1.81. The molecular formula is C14H15ClN4O. The highest BCUT2D eigenvalue weighted by atomic mass is 35.5. The normalized spacial score (nSPS) is 11.8. The predicted octanol–water partition coefficient (Wildman–Crippen LogP) is 2.51. The van der Waals surface area contributed by atoms with E-state index in [9.17, 15) is 4.79 Å². The number of amides is 1. The average Bonchev–Trinajstić information content (AvgIpc) is 2.47. The van der Waals surface area contributed by atoms with Crippen LogP contribution in [0, 0.1) is 0 Å². The first-order chi connectivity index (χ1) is 9.61. The van der Waals surface area contributed by atoms with Gasteiger partial charge in [0.05, 0.1) is 11.6 Å². The van der Waals surface area contributed by atoms with E-state index in [1.807, 2.05) is 19.1 Å². The van der Waals surface area contributed by atoms with Gasteiger partial charge in [-0.3, -0.25) is 4.79 Å². The average molecular weight is 291 g/mol. The number of pyridine rings is 1. The molecule has 0 aliphatic rings. The Morgan fingerprint density at radius 3 is 2.65 bits per heavy atom. The highest BCUT2D eigenvalue weighted by molar-refractivity contribution is 6.30. The molecule has 2 rings (SSSR count). The molecule has 20 heavy (non-hydrogen) atoms. The number of carbonyl (C=O) groups excluding carboxylic acids is 1. The van der Waals surface area contributed by atoms with Crippen LogP contribution in [0.5, 0.6) is 0 Å². The highest BCUT2D eigenvalue weighted by Crippen LogP contribution is 2.17. The number of hydrogen-bond donors (Lipinski definition) is 3. The molecule has 1 unspecified atom stereocenters. The monoisotopic (exact) mass is 290 g/mol. The van der Waals surface area contributed by atoms with E-state index in [4.69, 9.17) is 17.4 Å². The SMILES string of the molecule is CC(NC(=O)c1cccnc1NN)c1ccc(Cl)cc1. The van der Waals surface area contributed by atoms with Crippen LogP contribution < -0.4 is 16.6 Å². The second-order valence-electron chi connectivity index (χ2n) is 4.29. The molecule has 0 saturated heterocycles. The van der Waals surface area contributed by atoms with Gasteiger partial charge in [0.15, 0.2) is 5.82 Å². The Kier molecular flexibility index (Phi) is 4.55. The van der Waals surface area contributed by atoms with Gasteiger partial charge in [0.2, 0.25) is 0 Å². The van der Waals surface area contributed by atoms with Gasteiger partial charge < -0.3 is 10.7 Å². The summed E-state index contributed by atoms with van der Waals surface area (Å²) in [7, 11) is 0. The summed E-state index contributed by atoms with van der Waals surface area (Å²) in [6.45, 7) is 1.90. The summed E-state index contributed by atoms with van der Waals surface area (Å²) >= 11 is 5.84. The van der Waals surface area contributed by atoms with Crippen LogP contribution in [0.1, 0.15) is 28.9 Å². The maximum absolute atomic E-state index is 12.2. The molecule has 1 atom stereocenters. The van der Waals surface area contributed by atoms with Crippen molar-refractivity contribution >= 4 is 23.3 Å². The molecule has 1 aromatic carbocycles. The molecule has 2 aromatic rings. The molecule has 0 saturated carbocycles. The Bertz CT molecular complexity index is 600. The zero-order valence-corrected chi connectivity index (χ0v) is 11.7. The van der Waals surface area contributed by atoms with Crippen LogP contribution in [0.15, 0.2) is 42.6 Å². The molecular weight excluding hydrogens is 276 g/mol. The number of nitrogens with zero attached hydrogens (tertiary/aromatic N) is 1. The van der Waals surface area contributed by atoms with Crippen LogP contribution >= 0.6 is 11.6 Å². The van der Waals surface area contributed by atoms with Gasteiger partial charge in [-0.2, -0.15) is 0 Å². The van der Waals surface area contributed by atoms with Gasteiger partial charge in [-0.15, -0.1) is 0 Å². The number of nitrogens with two attached hydrogens (primary N) is 1. The smallest absolute Gasteiger partial charge is 0.255 e. The number of halogens is 1. The standard InChI is InChI=1S/C14H15ClN4O/c1-9(10-4-6-11(15)7-5-10)18-14(20)12-3-2-8-17-13(12)19-16/h2-9H,16H2,1H3,(H,17,19)(H,18,20). The van der Waals surface area contributed by atoms with Crippen molar-refractivity contribution in [2.75, 3.05) is 5.43 Å². The van der Waals surface area contributed by atoms with Crippen LogP contribution in [0.3, 0.4) is 0 Å². The van der Waals surface area contributed by atoms with E-state index in [0.29, 0.717) is 16.4 Å². The summed E-state index contributed by atoms with van der Waals surface area (Å²) in [6.07, 6.45) is 1.56. The van der Waals surface area contributed by atoms with E-state index < -0.39 is 0 Å². The van der Waals surface area contributed by atoms with Crippen molar-refractivity contribution in [3.8, 4) is 0 Å². The summed E-state index contributed by atoms with van der Waals surface area (Å²) in [4.78, 5) is 16.2. The summed E-state index contributed by atoms with van der Waals surface area (Å²) in [5.74, 6) is 5.44. The number of nitrogens with one attached hydrogen (secondary N) is 2. The fraction of sp³-hybridized carbons (Fsp3) is 0.143. The number of carbonyl (C=O) groups is 1. The maximum atomic E-state index is 12.2. The van der Waals surface area contributed by atoms with Gasteiger partial charge in [0, 0.05) is 11.2 Å². The quantitative estimate of drug-likeness (QED) is 0.597. The van der Waals surface area contributed by atoms with E-state index in [2.05, 4.69) is 15.7 Å². The van der Waals surface area contributed by atoms with Gasteiger partial charge in [0.25, 0.3) is 5.91 Å². The highest BCUT2D eigenvalue weighted by Gasteiger charge is 2.14. The van der Waals surface area contributed by atoms with Crippen LogP contribution in [-0.4, -0.2) is 10.9 Å². The van der Waals surface area contributed by atoms with Crippen LogP contribution in [-0.2, 0) is 0 Å². The van der Waals surface area contributed by atoms with E-state index in [1.165, 1.54) is 0 Å². The molecule has 0 fully saturated rings. The Labute approximate surface area is 122 Å². The third-order valence-corrected chi connectivity index (χ3v) is 3.16. The van der Waals surface area contributed by atoms with Crippen molar-refractivity contribution in [1.82, 2.24) is 10.3 Å². The molecule has 0 aliphatic heterocycles. The minimum Gasteiger partial charge on any atom is -0.345 e. The van der Waals surface area contributed by atoms with Crippen molar-refractivity contribution < 1.29 is 4.79 Å². The lowest BCUT2D eigenvalue weighted by Crippen LogP contribution is -2.28. The largest absolute Gasteiger partial charge is 0.345 e. The van der Waals surface area contributed by atoms with Crippen molar-refractivity contribution in [3.63, 3.8) is 0 Å². The number of rotatable bonds is 4. The van der Waals surface area contributed by atoms with Crippen molar-refractivity contribution in [2.24, 2.45) is 5.84 Å². The fourth-order valence-corrected chi connectivity index (χ4v) is 1.94. The molecule has 104 valence electrons. The maximum Gasteiger partial charge on any atom is 0.255 e. The molecule has 1 heterocycles. The van der Waals surface area contributed by atoms with Crippen molar-refractivity contribution in [3.05, 3.63) is 58.7 Å². The summed E-state index contributed by atoms with van der Waals surface area (Å²) < 4.78 is 0. The zero-order chi connectivity index (χ0) is 14.5. The molecule has 0 radical (unpaired) electrons. The molecule has 0 spiro atoms. The van der Waals surface area contributed by atoms with Crippen molar-refractivity contribution in [2.45, 2.75) is 13.0 Å². The number of aromatic nitrogens is 1. The lowest BCUT2D eigenvalue weighted by molar-refractivity contribution is 0.0940. The van der Waals surface area contributed by atoms with Crippen LogP contribution in [0.25, 0.3) is 0 Å². The van der Waals surface area contributed by atoms with Crippen LogP contribution in [0.2, 0.25) is 5.02 Å². The predicted molar refractivity (Wildman–Crippen MR) is 79.4 cm³/mol. The van der Waals surface area contributed by atoms with Gasteiger partial charge in [-0.25, -0.2) is 10.8 Å². The Morgan fingerprint density at radius 1 is 1.30 bits per heavy atom. The first kappa shape index (κ1) is 14.3. The molecule has 4 N–H and O–H groups in total. The van der Waals surface area contributed by atoms with Crippen LogP contribution in [0.4, 0.5) is 5.82 Å². The minimum atomic E-state index is -0.242. The number of nitrogen functional groups attached to an aromatic ring is 1. The lowest BCUT2D eigenvalue weighted by atomic mass is 10.1. The first-order valence-corrected chi connectivity index (χ1v) is 6.47. The van der Waals surface area contributed by atoms with E-state index in [1.54, 1.807) is 30.5 Å². The van der Waals surface area contributed by atoms with E-state index >= 15 is 0 Å². The van der Waals surface area contributed by atoms with E-state index in [0.717, 1.165) is 5.56 Å². The van der Waals surface area contributed by atoms with Gasteiger partial charge in [-0.05, 0) is 36.8 Å². The number of benzene rings is 1. The Morgan fingerprint density at radius 2 is 2.00 bits per heavy atom. The van der Waals surface area contributed by atoms with Gasteiger partial charge in [0.1, 0.15) is 0 Å².